The van der Waals surface area contributed by atoms with Crippen molar-refractivity contribution in [3.8, 4) is 5.88 Å². The predicted molar refractivity (Wildman–Crippen MR) is 72.1 cm³/mol. The Kier molecular flexibility index (Phi) is 2.77. The molecule has 0 N–H and O–H groups in total. The molecule has 2 heterocycles. The number of hydrogen-bond donors (Lipinski definition) is 0. The van der Waals surface area contributed by atoms with Crippen molar-refractivity contribution in [3.05, 3.63) is 23.9 Å². The second-order valence-electron chi connectivity index (χ2n) is 6.29. The van der Waals surface area contributed by atoms with Gasteiger partial charge in [0.15, 0.2) is 0 Å². The van der Waals surface area contributed by atoms with Crippen LogP contribution in [0.3, 0.4) is 0 Å². The topological polar surface area (TPSA) is 42.4 Å². The highest BCUT2D eigenvalue weighted by atomic mass is 16.5. The number of carbonyl (C=O) groups is 1. The number of likely N-dealkylation sites (tertiary alicyclic amines) is 1. The van der Waals surface area contributed by atoms with Crippen molar-refractivity contribution in [1.29, 1.82) is 0 Å². The summed E-state index contributed by atoms with van der Waals surface area (Å²) in [5.74, 6) is 1.35. The van der Waals surface area contributed by atoms with E-state index < -0.39 is 0 Å². The van der Waals surface area contributed by atoms with E-state index in [-0.39, 0.29) is 11.3 Å². The Balaban J connectivity index is 1.76. The standard InChI is InChI=1S/C15H20N2O2/c1-15(2)9-17(13(15)10-4-5-10)14(18)11-6-7-12(19-3)16-8-11/h6-8,10,13H,4-5,9H2,1-3H3. The van der Waals surface area contributed by atoms with Gasteiger partial charge in [-0.05, 0) is 24.8 Å². The Hall–Kier alpha value is -1.58. The lowest BCUT2D eigenvalue weighted by Gasteiger charge is -2.55. The highest BCUT2D eigenvalue weighted by Crippen LogP contribution is 2.50. The van der Waals surface area contributed by atoms with Crippen LogP contribution in [0.15, 0.2) is 18.3 Å². The molecule has 1 aliphatic carbocycles. The van der Waals surface area contributed by atoms with Gasteiger partial charge in [0.05, 0.1) is 12.7 Å². The van der Waals surface area contributed by atoms with E-state index in [4.69, 9.17) is 4.74 Å². The van der Waals surface area contributed by atoms with Crippen molar-refractivity contribution in [2.75, 3.05) is 13.7 Å². The molecular formula is C15H20N2O2. The normalized spacial score (nSPS) is 24.8. The maximum atomic E-state index is 12.5. The number of nitrogens with zero attached hydrogens (tertiary/aromatic N) is 2. The van der Waals surface area contributed by atoms with E-state index in [0.717, 1.165) is 6.54 Å². The number of ether oxygens (including phenoxy) is 1. The fraction of sp³-hybridized carbons (Fsp3) is 0.600. The molecule has 1 atom stereocenters. The summed E-state index contributed by atoms with van der Waals surface area (Å²) in [7, 11) is 1.57. The van der Waals surface area contributed by atoms with Crippen LogP contribution in [-0.2, 0) is 0 Å². The number of aromatic nitrogens is 1. The Morgan fingerprint density at radius 2 is 2.16 bits per heavy atom. The van der Waals surface area contributed by atoms with Crippen molar-refractivity contribution < 1.29 is 9.53 Å². The van der Waals surface area contributed by atoms with Crippen molar-refractivity contribution in [1.82, 2.24) is 9.88 Å². The molecule has 1 saturated carbocycles. The molecule has 1 aromatic rings. The largest absolute Gasteiger partial charge is 0.481 e. The summed E-state index contributed by atoms with van der Waals surface area (Å²) in [6.45, 7) is 5.36. The molecule has 2 aliphatic rings. The van der Waals surface area contributed by atoms with Crippen LogP contribution in [0, 0.1) is 11.3 Å². The first kappa shape index (κ1) is 12.5. The first-order chi connectivity index (χ1) is 9.03. The Bertz CT molecular complexity index is 491. The van der Waals surface area contributed by atoms with Gasteiger partial charge in [-0.25, -0.2) is 4.98 Å². The smallest absolute Gasteiger partial charge is 0.255 e. The molecule has 1 amide bonds. The van der Waals surface area contributed by atoms with Crippen LogP contribution in [0.25, 0.3) is 0 Å². The van der Waals surface area contributed by atoms with Crippen LogP contribution in [0.4, 0.5) is 0 Å². The molecule has 1 aliphatic heterocycles. The minimum absolute atomic E-state index is 0.103. The minimum atomic E-state index is 0.103. The lowest BCUT2D eigenvalue weighted by Crippen LogP contribution is -2.64. The van der Waals surface area contributed by atoms with E-state index >= 15 is 0 Å². The van der Waals surface area contributed by atoms with Crippen LogP contribution in [0.5, 0.6) is 5.88 Å². The molecule has 0 spiro atoms. The van der Waals surface area contributed by atoms with E-state index in [0.29, 0.717) is 23.4 Å². The van der Waals surface area contributed by atoms with E-state index in [2.05, 4.69) is 18.8 Å². The lowest BCUT2D eigenvalue weighted by molar-refractivity contribution is -0.0409. The summed E-state index contributed by atoms with van der Waals surface area (Å²) in [6, 6.07) is 3.94. The lowest BCUT2D eigenvalue weighted by atomic mass is 9.72. The van der Waals surface area contributed by atoms with Crippen LogP contribution in [0.2, 0.25) is 0 Å². The molecule has 1 saturated heterocycles. The molecule has 1 unspecified atom stereocenters. The molecule has 0 radical (unpaired) electrons. The van der Waals surface area contributed by atoms with Crippen LogP contribution >= 0.6 is 0 Å². The Labute approximate surface area is 113 Å². The summed E-state index contributed by atoms with van der Waals surface area (Å²) >= 11 is 0. The summed E-state index contributed by atoms with van der Waals surface area (Å²) in [4.78, 5) is 18.6. The summed E-state index contributed by atoms with van der Waals surface area (Å²) < 4.78 is 5.02. The van der Waals surface area contributed by atoms with Gasteiger partial charge in [0.25, 0.3) is 5.91 Å². The molecule has 0 aromatic carbocycles. The SMILES string of the molecule is COc1ccc(C(=O)N2CC(C)(C)C2C2CC2)cn1. The quantitative estimate of drug-likeness (QED) is 0.837. The monoisotopic (exact) mass is 260 g/mol. The van der Waals surface area contributed by atoms with Crippen molar-refractivity contribution in [2.24, 2.45) is 11.3 Å². The summed E-state index contributed by atoms with van der Waals surface area (Å²) in [5, 5.41) is 0. The van der Waals surface area contributed by atoms with Crippen molar-refractivity contribution in [2.45, 2.75) is 32.7 Å². The number of methoxy groups -OCH3 is 1. The van der Waals surface area contributed by atoms with Gasteiger partial charge in [-0.2, -0.15) is 0 Å². The van der Waals surface area contributed by atoms with E-state index in [1.807, 2.05) is 4.90 Å². The first-order valence-electron chi connectivity index (χ1n) is 6.84. The summed E-state index contributed by atoms with van der Waals surface area (Å²) in [5.41, 5.74) is 0.915. The zero-order valence-electron chi connectivity index (χ0n) is 11.7. The first-order valence-corrected chi connectivity index (χ1v) is 6.84. The third-order valence-electron chi connectivity index (χ3n) is 4.24. The number of pyridine rings is 1. The average molecular weight is 260 g/mol. The van der Waals surface area contributed by atoms with Gasteiger partial charge in [0.1, 0.15) is 0 Å². The molecule has 2 fully saturated rings. The molecule has 19 heavy (non-hydrogen) atoms. The Morgan fingerprint density at radius 1 is 1.42 bits per heavy atom. The van der Waals surface area contributed by atoms with Gasteiger partial charge < -0.3 is 9.64 Å². The number of rotatable bonds is 3. The molecule has 102 valence electrons. The third-order valence-corrected chi connectivity index (χ3v) is 4.24. The summed E-state index contributed by atoms with van der Waals surface area (Å²) in [6.07, 6.45) is 4.13. The van der Waals surface area contributed by atoms with Gasteiger partial charge in [0.2, 0.25) is 5.88 Å². The van der Waals surface area contributed by atoms with E-state index in [1.54, 1.807) is 25.4 Å². The molecule has 4 heteroatoms. The molecule has 3 rings (SSSR count). The molecule has 1 aromatic heterocycles. The highest BCUT2D eigenvalue weighted by molar-refractivity contribution is 5.95. The Morgan fingerprint density at radius 3 is 2.63 bits per heavy atom. The number of carbonyl (C=O) groups excluding carboxylic acids is 1. The second kappa shape index (κ2) is 4.22. The molecule has 4 nitrogen and oxygen atoms in total. The fourth-order valence-electron chi connectivity index (χ4n) is 3.24. The number of hydrogen-bond acceptors (Lipinski definition) is 3. The van der Waals surface area contributed by atoms with Gasteiger partial charge in [-0.15, -0.1) is 0 Å². The molecular weight excluding hydrogens is 240 g/mol. The average Bonchev–Trinajstić information content (AvgIpc) is 3.20. The molecule has 0 bridgehead atoms. The predicted octanol–water partition coefficient (Wildman–Crippen LogP) is 2.35. The van der Waals surface area contributed by atoms with E-state index in [1.165, 1.54) is 12.8 Å². The fourth-order valence-corrected chi connectivity index (χ4v) is 3.24. The minimum Gasteiger partial charge on any atom is -0.481 e. The zero-order valence-corrected chi connectivity index (χ0v) is 11.7. The van der Waals surface area contributed by atoms with Crippen LogP contribution < -0.4 is 4.74 Å². The van der Waals surface area contributed by atoms with Crippen LogP contribution in [0.1, 0.15) is 37.0 Å². The van der Waals surface area contributed by atoms with Crippen molar-refractivity contribution in [3.63, 3.8) is 0 Å². The third kappa shape index (κ3) is 2.09. The van der Waals surface area contributed by atoms with Gasteiger partial charge in [0, 0.05) is 30.3 Å². The second-order valence-corrected chi connectivity index (χ2v) is 6.29. The maximum Gasteiger partial charge on any atom is 0.255 e. The van der Waals surface area contributed by atoms with Gasteiger partial charge >= 0.3 is 0 Å². The van der Waals surface area contributed by atoms with Gasteiger partial charge in [-0.1, -0.05) is 13.8 Å². The maximum absolute atomic E-state index is 12.5. The van der Waals surface area contributed by atoms with E-state index in [9.17, 15) is 4.79 Å². The highest BCUT2D eigenvalue weighted by Gasteiger charge is 2.54. The zero-order chi connectivity index (χ0) is 13.6. The number of amides is 1. The van der Waals surface area contributed by atoms with Crippen LogP contribution in [-0.4, -0.2) is 35.5 Å². The van der Waals surface area contributed by atoms with Gasteiger partial charge in [-0.3, -0.25) is 4.79 Å². The van der Waals surface area contributed by atoms with Crippen molar-refractivity contribution >= 4 is 5.91 Å².